The highest BCUT2D eigenvalue weighted by Gasteiger charge is 2.31. The smallest absolute Gasteiger partial charge is 0.243 e. The van der Waals surface area contributed by atoms with Crippen LogP contribution in [0.4, 0.5) is 0 Å². The Balaban J connectivity index is 2.11. The summed E-state index contributed by atoms with van der Waals surface area (Å²) in [6, 6.07) is -0.146. The van der Waals surface area contributed by atoms with Crippen molar-refractivity contribution >= 4 is 23.5 Å². The van der Waals surface area contributed by atoms with E-state index in [1.165, 1.54) is 5.75 Å². The third-order valence-electron chi connectivity index (χ3n) is 3.71. The van der Waals surface area contributed by atoms with Crippen LogP contribution in [0.2, 0.25) is 0 Å². The lowest BCUT2D eigenvalue weighted by molar-refractivity contribution is 0.310. The van der Waals surface area contributed by atoms with Gasteiger partial charge in [0.25, 0.3) is 0 Å². The molecule has 1 aliphatic rings. The van der Waals surface area contributed by atoms with Crippen molar-refractivity contribution in [2.75, 3.05) is 11.5 Å². The van der Waals surface area contributed by atoms with Crippen molar-refractivity contribution in [2.24, 2.45) is 11.7 Å². The molecular formula is C13H23N3OS2. The number of nitrogens with zero attached hydrogens (tertiary/aromatic N) is 2. The molecular weight excluding hydrogens is 278 g/mol. The van der Waals surface area contributed by atoms with Crippen molar-refractivity contribution in [1.29, 1.82) is 0 Å². The van der Waals surface area contributed by atoms with Crippen LogP contribution in [0.3, 0.4) is 0 Å². The van der Waals surface area contributed by atoms with Crippen LogP contribution in [-0.4, -0.2) is 26.9 Å². The van der Waals surface area contributed by atoms with Gasteiger partial charge in [0.1, 0.15) is 0 Å². The van der Waals surface area contributed by atoms with Gasteiger partial charge >= 0.3 is 0 Å². The summed E-state index contributed by atoms with van der Waals surface area (Å²) in [6.45, 7) is 6.47. The maximum atomic E-state index is 6.15. The third-order valence-corrected chi connectivity index (χ3v) is 6.95. The van der Waals surface area contributed by atoms with Gasteiger partial charge in [0.2, 0.25) is 5.89 Å². The highest BCUT2D eigenvalue weighted by atomic mass is 32.2. The van der Waals surface area contributed by atoms with Crippen LogP contribution in [0.5, 0.6) is 0 Å². The standard InChI is InChI=1S/C13H23N3OS2/c1-4-8(3)10(14)13-15-12(16-17-13)11-9(5-2)18-6-7-19-11/h8-11H,4-7,14H2,1-3H3/t8-,9?,10-,11?/m0/s1. The van der Waals surface area contributed by atoms with Gasteiger partial charge in [0, 0.05) is 16.8 Å². The van der Waals surface area contributed by atoms with Crippen LogP contribution in [0.15, 0.2) is 4.52 Å². The van der Waals surface area contributed by atoms with E-state index in [9.17, 15) is 0 Å². The van der Waals surface area contributed by atoms with Crippen molar-refractivity contribution < 1.29 is 4.52 Å². The number of aromatic nitrogens is 2. The summed E-state index contributed by atoms with van der Waals surface area (Å²) < 4.78 is 5.39. The number of nitrogens with two attached hydrogens (primary N) is 1. The predicted molar refractivity (Wildman–Crippen MR) is 82.4 cm³/mol. The van der Waals surface area contributed by atoms with E-state index in [1.807, 2.05) is 23.5 Å². The molecule has 2 N–H and O–H groups in total. The second kappa shape index (κ2) is 6.99. The van der Waals surface area contributed by atoms with Gasteiger partial charge in [-0.15, -0.1) is 11.8 Å². The summed E-state index contributed by atoms with van der Waals surface area (Å²) in [5.41, 5.74) is 6.15. The maximum absolute atomic E-state index is 6.15. The molecule has 0 aliphatic carbocycles. The molecule has 4 atom stereocenters. The molecule has 1 aromatic rings. The first-order valence-corrected chi connectivity index (χ1v) is 9.09. The van der Waals surface area contributed by atoms with Gasteiger partial charge in [-0.25, -0.2) is 0 Å². The lowest BCUT2D eigenvalue weighted by atomic mass is 10.0. The average Bonchev–Trinajstić information content (AvgIpc) is 2.95. The molecule has 0 saturated carbocycles. The van der Waals surface area contributed by atoms with Crippen LogP contribution < -0.4 is 5.73 Å². The first-order valence-electron chi connectivity index (χ1n) is 6.99. The summed E-state index contributed by atoms with van der Waals surface area (Å²) in [5, 5.41) is 5.11. The van der Waals surface area contributed by atoms with E-state index >= 15 is 0 Å². The minimum atomic E-state index is -0.146. The van der Waals surface area contributed by atoms with Gasteiger partial charge < -0.3 is 10.3 Å². The summed E-state index contributed by atoms with van der Waals surface area (Å²) in [5.74, 6) is 4.17. The molecule has 1 saturated heterocycles. The van der Waals surface area contributed by atoms with Crippen LogP contribution in [0.25, 0.3) is 0 Å². The van der Waals surface area contributed by atoms with E-state index in [4.69, 9.17) is 10.3 Å². The van der Waals surface area contributed by atoms with Gasteiger partial charge in [-0.3, -0.25) is 0 Å². The van der Waals surface area contributed by atoms with Crippen molar-refractivity contribution in [2.45, 2.75) is 50.2 Å². The monoisotopic (exact) mass is 301 g/mol. The molecule has 108 valence electrons. The summed E-state index contributed by atoms with van der Waals surface area (Å²) in [4.78, 5) is 4.56. The fourth-order valence-electron chi connectivity index (χ4n) is 2.14. The molecule has 1 aromatic heterocycles. The molecule has 0 amide bonds. The average molecular weight is 301 g/mol. The molecule has 0 aromatic carbocycles. The van der Waals surface area contributed by atoms with Crippen LogP contribution in [0.1, 0.15) is 56.6 Å². The maximum Gasteiger partial charge on any atom is 0.243 e. The highest BCUT2D eigenvalue weighted by Crippen LogP contribution is 2.43. The van der Waals surface area contributed by atoms with Crippen LogP contribution in [-0.2, 0) is 0 Å². The second-order valence-electron chi connectivity index (χ2n) is 5.01. The van der Waals surface area contributed by atoms with E-state index < -0.39 is 0 Å². The fraction of sp³-hybridized carbons (Fsp3) is 0.846. The van der Waals surface area contributed by atoms with Crippen molar-refractivity contribution in [1.82, 2.24) is 10.1 Å². The summed E-state index contributed by atoms with van der Waals surface area (Å²) >= 11 is 3.96. The van der Waals surface area contributed by atoms with Crippen LogP contribution >= 0.6 is 23.5 Å². The topological polar surface area (TPSA) is 64.9 Å². The summed E-state index contributed by atoms with van der Waals surface area (Å²) in [7, 11) is 0. The first kappa shape index (κ1) is 15.2. The molecule has 6 heteroatoms. The largest absolute Gasteiger partial charge is 0.338 e. The fourth-order valence-corrected chi connectivity index (χ4v) is 5.12. The number of hydrogen-bond acceptors (Lipinski definition) is 6. The molecule has 0 spiro atoms. The van der Waals surface area contributed by atoms with Gasteiger partial charge in [-0.2, -0.15) is 16.7 Å². The molecule has 0 radical (unpaired) electrons. The Morgan fingerprint density at radius 2 is 2.11 bits per heavy atom. The lowest BCUT2D eigenvalue weighted by Crippen LogP contribution is -2.21. The van der Waals surface area contributed by atoms with E-state index in [0.29, 0.717) is 22.3 Å². The Morgan fingerprint density at radius 3 is 2.79 bits per heavy atom. The lowest BCUT2D eigenvalue weighted by Gasteiger charge is -2.27. The van der Waals surface area contributed by atoms with Crippen molar-refractivity contribution in [3.8, 4) is 0 Å². The second-order valence-corrected chi connectivity index (χ2v) is 7.61. The van der Waals surface area contributed by atoms with E-state index in [2.05, 4.69) is 30.9 Å². The zero-order valence-electron chi connectivity index (χ0n) is 11.8. The van der Waals surface area contributed by atoms with Crippen molar-refractivity contribution in [3.05, 3.63) is 11.7 Å². The van der Waals surface area contributed by atoms with Crippen LogP contribution in [0, 0.1) is 5.92 Å². The molecule has 2 unspecified atom stereocenters. The molecule has 4 nitrogen and oxygen atoms in total. The Labute approximate surface area is 123 Å². The molecule has 1 aliphatic heterocycles. The minimum absolute atomic E-state index is 0.146. The molecule has 2 heterocycles. The number of thioether (sulfide) groups is 2. The van der Waals surface area contributed by atoms with Gasteiger partial charge in [0.15, 0.2) is 5.82 Å². The Hall–Kier alpha value is -0.200. The van der Waals surface area contributed by atoms with Gasteiger partial charge in [-0.1, -0.05) is 32.3 Å². The molecule has 2 rings (SSSR count). The zero-order chi connectivity index (χ0) is 13.8. The number of hydrogen-bond donors (Lipinski definition) is 1. The quantitative estimate of drug-likeness (QED) is 0.899. The van der Waals surface area contributed by atoms with E-state index in [1.54, 1.807) is 0 Å². The normalized spacial score (nSPS) is 27.2. The van der Waals surface area contributed by atoms with E-state index in [0.717, 1.165) is 24.4 Å². The first-order chi connectivity index (χ1) is 9.17. The molecule has 1 fully saturated rings. The predicted octanol–water partition coefficient (Wildman–Crippen LogP) is 3.42. The minimum Gasteiger partial charge on any atom is -0.338 e. The van der Waals surface area contributed by atoms with Gasteiger partial charge in [-0.05, 0) is 12.3 Å². The van der Waals surface area contributed by atoms with Gasteiger partial charge in [0.05, 0.1) is 11.3 Å². The third kappa shape index (κ3) is 3.47. The molecule has 0 bridgehead atoms. The Kier molecular flexibility index (Phi) is 5.59. The zero-order valence-corrected chi connectivity index (χ0v) is 13.5. The SMILES string of the molecule is CCC1SCCSC1c1noc([C@@H](N)[C@@H](C)CC)n1. The summed E-state index contributed by atoms with van der Waals surface area (Å²) in [6.07, 6.45) is 2.16. The number of rotatable bonds is 5. The highest BCUT2D eigenvalue weighted by molar-refractivity contribution is 8.06. The van der Waals surface area contributed by atoms with E-state index in [-0.39, 0.29) is 6.04 Å². The Bertz CT molecular complexity index is 399. The molecule has 19 heavy (non-hydrogen) atoms. The van der Waals surface area contributed by atoms with Crippen molar-refractivity contribution in [3.63, 3.8) is 0 Å². The Morgan fingerprint density at radius 1 is 1.37 bits per heavy atom.